The van der Waals surface area contributed by atoms with Gasteiger partial charge in [0.2, 0.25) is 0 Å². The van der Waals surface area contributed by atoms with E-state index in [1.54, 1.807) is 31.5 Å². The Kier molecular flexibility index (Phi) is 3.04. The minimum Gasteiger partial charge on any atom is -0.511 e. The van der Waals surface area contributed by atoms with E-state index in [2.05, 4.69) is 4.98 Å². The van der Waals surface area contributed by atoms with Crippen LogP contribution in [0, 0.1) is 11.3 Å². The van der Waals surface area contributed by atoms with E-state index in [0.29, 0.717) is 17.6 Å². The smallest absolute Gasteiger partial charge is 0.110 e. The van der Waals surface area contributed by atoms with Gasteiger partial charge < -0.3 is 5.11 Å². The Balaban J connectivity index is 3.15. The summed E-state index contributed by atoms with van der Waals surface area (Å²) in [4.78, 5) is 3.83. The molecule has 1 heterocycles. The highest BCUT2D eigenvalue weighted by molar-refractivity contribution is 5.77. The molecule has 0 aliphatic carbocycles. The normalized spacial score (nSPS) is 11.7. The Morgan fingerprint density at radius 1 is 1.54 bits per heavy atom. The SMILES string of the molecule is CC/C(O)=C(/C#N)c1ccncc1. The van der Waals surface area contributed by atoms with Crippen molar-refractivity contribution in [3.63, 3.8) is 0 Å². The fourth-order valence-electron chi connectivity index (χ4n) is 0.991. The van der Waals surface area contributed by atoms with Crippen molar-refractivity contribution in [2.75, 3.05) is 0 Å². The molecule has 1 aromatic rings. The number of allylic oxidation sites excluding steroid dienone is 2. The summed E-state index contributed by atoms with van der Waals surface area (Å²) >= 11 is 0. The molecule has 13 heavy (non-hydrogen) atoms. The van der Waals surface area contributed by atoms with E-state index in [-0.39, 0.29) is 5.76 Å². The second-order valence-electron chi connectivity index (χ2n) is 2.52. The first-order chi connectivity index (χ1) is 6.29. The lowest BCUT2D eigenvalue weighted by Gasteiger charge is -2.00. The quantitative estimate of drug-likeness (QED) is 0.552. The van der Waals surface area contributed by atoms with E-state index in [1.807, 2.05) is 6.07 Å². The second kappa shape index (κ2) is 4.27. The Labute approximate surface area is 77.0 Å². The zero-order chi connectivity index (χ0) is 9.68. The molecular weight excluding hydrogens is 164 g/mol. The maximum Gasteiger partial charge on any atom is 0.110 e. The number of pyridine rings is 1. The molecule has 0 saturated carbocycles. The molecule has 0 radical (unpaired) electrons. The van der Waals surface area contributed by atoms with Crippen LogP contribution in [-0.4, -0.2) is 10.1 Å². The minimum atomic E-state index is 0.119. The van der Waals surface area contributed by atoms with E-state index in [1.165, 1.54) is 0 Å². The van der Waals surface area contributed by atoms with Crippen molar-refractivity contribution in [2.24, 2.45) is 0 Å². The molecule has 66 valence electrons. The fourth-order valence-corrected chi connectivity index (χ4v) is 0.991. The van der Waals surface area contributed by atoms with Crippen LogP contribution in [-0.2, 0) is 0 Å². The van der Waals surface area contributed by atoms with Crippen LogP contribution in [0.25, 0.3) is 5.57 Å². The van der Waals surface area contributed by atoms with Gasteiger partial charge in [0.25, 0.3) is 0 Å². The Bertz CT molecular complexity index is 349. The van der Waals surface area contributed by atoms with Crippen molar-refractivity contribution in [1.29, 1.82) is 5.26 Å². The first-order valence-electron chi connectivity index (χ1n) is 4.02. The lowest BCUT2D eigenvalue weighted by molar-refractivity contribution is 0.398. The number of nitrogens with zero attached hydrogens (tertiary/aromatic N) is 2. The van der Waals surface area contributed by atoms with Gasteiger partial charge >= 0.3 is 0 Å². The van der Waals surface area contributed by atoms with E-state index < -0.39 is 0 Å². The lowest BCUT2D eigenvalue weighted by Crippen LogP contribution is -1.88. The van der Waals surface area contributed by atoms with Gasteiger partial charge in [0, 0.05) is 18.8 Å². The monoisotopic (exact) mass is 174 g/mol. The molecule has 0 bridgehead atoms. The molecule has 3 heteroatoms. The van der Waals surface area contributed by atoms with E-state index >= 15 is 0 Å². The van der Waals surface area contributed by atoms with Gasteiger partial charge in [0.1, 0.15) is 11.8 Å². The van der Waals surface area contributed by atoms with Gasteiger partial charge in [-0.25, -0.2) is 0 Å². The molecule has 0 fully saturated rings. The molecular formula is C10H10N2O. The van der Waals surface area contributed by atoms with Crippen molar-refractivity contribution in [2.45, 2.75) is 13.3 Å². The van der Waals surface area contributed by atoms with Crippen molar-refractivity contribution in [3.8, 4) is 6.07 Å². The van der Waals surface area contributed by atoms with Crippen LogP contribution in [0.5, 0.6) is 0 Å². The summed E-state index contributed by atoms with van der Waals surface area (Å²) in [5.41, 5.74) is 1.03. The number of aliphatic hydroxyl groups is 1. The predicted octanol–water partition coefficient (Wildman–Crippen LogP) is 2.28. The Morgan fingerprint density at radius 2 is 2.15 bits per heavy atom. The van der Waals surface area contributed by atoms with Gasteiger partial charge in [0.05, 0.1) is 5.57 Å². The molecule has 1 N–H and O–H groups in total. The van der Waals surface area contributed by atoms with Crippen LogP contribution < -0.4 is 0 Å². The molecule has 0 atom stereocenters. The van der Waals surface area contributed by atoms with E-state index in [9.17, 15) is 5.11 Å². The first kappa shape index (κ1) is 9.27. The summed E-state index contributed by atoms with van der Waals surface area (Å²) in [6.45, 7) is 1.80. The van der Waals surface area contributed by atoms with Crippen LogP contribution >= 0.6 is 0 Å². The molecule has 0 saturated heterocycles. The third-order valence-electron chi connectivity index (χ3n) is 1.70. The summed E-state index contributed by atoms with van der Waals surface area (Å²) in [6.07, 6.45) is 3.65. The van der Waals surface area contributed by atoms with Crippen molar-refractivity contribution in [3.05, 3.63) is 35.8 Å². The Hall–Kier alpha value is -1.82. The number of hydrogen-bond acceptors (Lipinski definition) is 3. The van der Waals surface area contributed by atoms with Gasteiger partial charge in [-0.2, -0.15) is 5.26 Å². The second-order valence-corrected chi connectivity index (χ2v) is 2.52. The van der Waals surface area contributed by atoms with Gasteiger partial charge in [-0.3, -0.25) is 4.98 Å². The van der Waals surface area contributed by atoms with Crippen LogP contribution in [0.15, 0.2) is 30.3 Å². The van der Waals surface area contributed by atoms with Crippen molar-refractivity contribution < 1.29 is 5.11 Å². The topological polar surface area (TPSA) is 56.9 Å². The molecule has 1 aromatic heterocycles. The third-order valence-corrected chi connectivity index (χ3v) is 1.70. The van der Waals surface area contributed by atoms with Gasteiger partial charge in [-0.1, -0.05) is 6.92 Å². The zero-order valence-corrected chi connectivity index (χ0v) is 7.36. The molecule has 0 aliphatic heterocycles. The number of aliphatic hydroxyl groups excluding tert-OH is 1. The molecule has 0 amide bonds. The van der Waals surface area contributed by atoms with Crippen LogP contribution in [0.1, 0.15) is 18.9 Å². The van der Waals surface area contributed by atoms with Gasteiger partial charge in [-0.05, 0) is 17.7 Å². The number of nitriles is 1. The lowest BCUT2D eigenvalue weighted by atomic mass is 10.1. The summed E-state index contributed by atoms with van der Waals surface area (Å²) in [6, 6.07) is 5.37. The largest absolute Gasteiger partial charge is 0.511 e. The summed E-state index contributed by atoms with van der Waals surface area (Å²) in [5.74, 6) is 0.119. The fraction of sp³-hybridized carbons (Fsp3) is 0.200. The van der Waals surface area contributed by atoms with Crippen molar-refractivity contribution >= 4 is 5.57 Å². The summed E-state index contributed by atoms with van der Waals surface area (Å²) < 4.78 is 0. The summed E-state index contributed by atoms with van der Waals surface area (Å²) in [5, 5.41) is 18.2. The average Bonchev–Trinajstić information content (AvgIpc) is 2.20. The molecule has 0 spiro atoms. The van der Waals surface area contributed by atoms with Crippen LogP contribution in [0.3, 0.4) is 0 Å². The van der Waals surface area contributed by atoms with Gasteiger partial charge in [0.15, 0.2) is 0 Å². The third kappa shape index (κ3) is 2.06. The number of rotatable bonds is 2. The average molecular weight is 174 g/mol. The highest BCUT2D eigenvalue weighted by Gasteiger charge is 2.05. The first-order valence-corrected chi connectivity index (χ1v) is 4.02. The standard InChI is InChI=1S/C10H10N2O/c1-2-10(13)9(7-11)8-3-5-12-6-4-8/h3-6,13H,2H2,1H3/b10-9+. The van der Waals surface area contributed by atoms with Crippen LogP contribution in [0.4, 0.5) is 0 Å². The summed E-state index contributed by atoms with van der Waals surface area (Å²) in [7, 11) is 0. The molecule has 3 nitrogen and oxygen atoms in total. The molecule has 0 unspecified atom stereocenters. The number of hydrogen-bond donors (Lipinski definition) is 1. The highest BCUT2D eigenvalue weighted by atomic mass is 16.3. The van der Waals surface area contributed by atoms with Crippen molar-refractivity contribution in [1.82, 2.24) is 4.98 Å². The Morgan fingerprint density at radius 3 is 2.62 bits per heavy atom. The molecule has 1 rings (SSSR count). The minimum absolute atomic E-state index is 0.119. The number of aromatic nitrogens is 1. The molecule has 0 aromatic carbocycles. The van der Waals surface area contributed by atoms with Crippen LogP contribution in [0.2, 0.25) is 0 Å². The predicted molar refractivity (Wildman–Crippen MR) is 49.7 cm³/mol. The van der Waals surface area contributed by atoms with Gasteiger partial charge in [-0.15, -0.1) is 0 Å². The maximum atomic E-state index is 9.41. The zero-order valence-electron chi connectivity index (χ0n) is 7.36. The van der Waals surface area contributed by atoms with E-state index in [4.69, 9.17) is 5.26 Å². The molecule has 0 aliphatic rings. The maximum absolute atomic E-state index is 9.41. The highest BCUT2D eigenvalue weighted by Crippen LogP contribution is 2.17. The van der Waals surface area contributed by atoms with E-state index in [0.717, 1.165) is 0 Å².